The van der Waals surface area contributed by atoms with E-state index in [1.807, 2.05) is 7.05 Å². The van der Waals surface area contributed by atoms with Crippen LogP contribution in [-0.2, 0) is 4.79 Å². The summed E-state index contributed by atoms with van der Waals surface area (Å²) in [5.41, 5.74) is 0. The van der Waals surface area contributed by atoms with Crippen LogP contribution in [-0.4, -0.2) is 48.2 Å². The van der Waals surface area contributed by atoms with Crippen LogP contribution < -0.4 is 5.32 Å². The molecular weight excluding hydrogens is 240 g/mol. The quantitative estimate of drug-likeness (QED) is 0.744. The molecule has 2 aliphatic carbocycles. The lowest BCUT2D eigenvalue weighted by molar-refractivity contribution is -0.123. The molecule has 19 heavy (non-hydrogen) atoms. The van der Waals surface area contributed by atoms with E-state index >= 15 is 0 Å². The molecule has 0 aromatic carbocycles. The molecule has 0 unspecified atom stereocenters. The number of hydrogen-bond acceptors (Lipinski definition) is 3. The number of nitrogens with one attached hydrogen (secondary N) is 1. The number of rotatable bonds is 5. The highest BCUT2D eigenvalue weighted by Crippen LogP contribution is 2.27. The number of nitrogens with zero attached hydrogens (tertiary/aromatic N) is 1. The molecular formula is C15H28N2O2. The predicted molar refractivity (Wildman–Crippen MR) is 75.9 cm³/mol. The van der Waals surface area contributed by atoms with E-state index in [1.54, 1.807) is 0 Å². The van der Waals surface area contributed by atoms with Gasteiger partial charge < -0.3 is 10.4 Å². The SMILES string of the molecule is CN(CC(=O)NC1CCCCCC1)CC1CC(O)C1. The van der Waals surface area contributed by atoms with E-state index in [0.29, 0.717) is 18.5 Å². The minimum Gasteiger partial charge on any atom is -0.393 e. The van der Waals surface area contributed by atoms with Crippen LogP contribution in [0.2, 0.25) is 0 Å². The normalized spacial score (nSPS) is 28.8. The monoisotopic (exact) mass is 268 g/mol. The van der Waals surface area contributed by atoms with E-state index in [9.17, 15) is 9.90 Å². The molecule has 1 amide bonds. The van der Waals surface area contributed by atoms with Crippen LogP contribution in [0.15, 0.2) is 0 Å². The molecule has 2 fully saturated rings. The molecule has 2 saturated carbocycles. The molecule has 0 saturated heterocycles. The Morgan fingerprint density at radius 3 is 2.42 bits per heavy atom. The van der Waals surface area contributed by atoms with Gasteiger partial charge in [0.05, 0.1) is 12.6 Å². The Kier molecular flexibility index (Phi) is 5.64. The number of amides is 1. The van der Waals surface area contributed by atoms with Crippen molar-refractivity contribution >= 4 is 5.91 Å². The van der Waals surface area contributed by atoms with Crippen molar-refractivity contribution in [1.29, 1.82) is 0 Å². The van der Waals surface area contributed by atoms with Crippen molar-refractivity contribution in [3.63, 3.8) is 0 Å². The smallest absolute Gasteiger partial charge is 0.234 e. The van der Waals surface area contributed by atoms with Crippen LogP contribution in [0.3, 0.4) is 0 Å². The second-order valence-electron chi connectivity index (χ2n) is 6.44. The highest BCUT2D eigenvalue weighted by molar-refractivity contribution is 5.78. The first kappa shape index (κ1) is 14.8. The maximum absolute atomic E-state index is 12.0. The molecule has 0 aromatic rings. The number of likely N-dealkylation sites (N-methyl/N-ethyl adjacent to an activating group) is 1. The van der Waals surface area contributed by atoms with Crippen molar-refractivity contribution in [2.45, 2.75) is 63.5 Å². The molecule has 0 radical (unpaired) electrons. The first-order chi connectivity index (χ1) is 9.13. The van der Waals surface area contributed by atoms with Gasteiger partial charge in [-0.05, 0) is 38.6 Å². The number of aliphatic hydroxyl groups is 1. The summed E-state index contributed by atoms with van der Waals surface area (Å²) in [7, 11) is 2.00. The average Bonchev–Trinajstić information content (AvgIpc) is 2.55. The summed E-state index contributed by atoms with van der Waals surface area (Å²) in [5.74, 6) is 0.736. The van der Waals surface area contributed by atoms with Gasteiger partial charge in [-0.2, -0.15) is 0 Å². The highest BCUT2D eigenvalue weighted by Gasteiger charge is 2.28. The number of hydrogen-bond donors (Lipinski definition) is 2. The number of carbonyl (C=O) groups excluding carboxylic acids is 1. The van der Waals surface area contributed by atoms with Gasteiger partial charge in [0.1, 0.15) is 0 Å². The second kappa shape index (κ2) is 7.25. The molecule has 0 bridgehead atoms. The van der Waals surface area contributed by atoms with Crippen LogP contribution in [0.25, 0.3) is 0 Å². The molecule has 2 aliphatic rings. The summed E-state index contributed by atoms with van der Waals surface area (Å²) in [6.45, 7) is 1.41. The summed E-state index contributed by atoms with van der Waals surface area (Å²) < 4.78 is 0. The third-order valence-corrected chi connectivity index (χ3v) is 4.41. The zero-order valence-corrected chi connectivity index (χ0v) is 12.1. The highest BCUT2D eigenvalue weighted by atomic mass is 16.3. The summed E-state index contributed by atoms with van der Waals surface area (Å²) in [6, 6.07) is 0.397. The van der Waals surface area contributed by atoms with Gasteiger partial charge in [0.15, 0.2) is 0 Å². The lowest BCUT2D eigenvalue weighted by Crippen LogP contribution is -2.44. The van der Waals surface area contributed by atoms with Crippen LogP contribution in [0.1, 0.15) is 51.4 Å². The van der Waals surface area contributed by atoms with Crippen LogP contribution in [0, 0.1) is 5.92 Å². The third-order valence-electron chi connectivity index (χ3n) is 4.41. The third kappa shape index (κ3) is 5.11. The summed E-state index contributed by atoms with van der Waals surface area (Å²) in [5, 5.41) is 12.4. The fourth-order valence-corrected chi connectivity index (χ4v) is 3.30. The molecule has 2 N–H and O–H groups in total. The Morgan fingerprint density at radius 1 is 1.21 bits per heavy atom. The van der Waals surface area contributed by atoms with E-state index in [-0.39, 0.29) is 12.0 Å². The first-order valence-electron chi connectivity index (χ1n) is 7.79. The summed E-state index contributed by atoms with van der Waals surface area (Å²) in [4.78, 5) is 14.1. The van der Waals surface area contributed by atoms with Crippen molar-refractivity contribution in [3.8, 4) is 0 Å². The predicted octanol–water partition coefficient (Wildman–Crippen LogP) is 1.53. The van der Waals surface area contributed by atoms with Gasteiger partial charge in [0.2, 0.25) is 5.91 Å². The second-order valence-corrected chi connectivity index (χ2v) is 6.44. The molecule has 0 aliphatic heterocycles. The van der Waals surface area contributed by atoms with Gasteiger partial charge in [-0.15, -0.1) is 0 Å². The Hall–Kier alpha value is -0.610. The largest absolute Gasteiger partial charge is 0.393 e. The Morgan fingerprint density at radius 2 is 1.84 bits per heavy atom. The van der Waals surface area contributed by atoms with Gasteiger partial charge in [-0.1, -0.05) is 25.7 Å². The van der Waals surface area contributed by atoms with E-state index in [4.69, 9.17) is 0 Å². The molecule has 4 heteroatoms. The molecule has 0 spiro atoms. The Labute approximate surface area is 116 Å². The maximum Gasteiger partial charge on any atom is 0.234 e. The molecule has 0 heterocycles. The van der Waals surface area contributed by atoms with E-state index < -0.39 is 0 Å². The minimum atomic E-state index is -0.0989. The van der Waals surface area contributed by atoms with Crippen molar-refractivity contribution in [2.24, 2.45) is 5.92 Å². The number of aliphatic hydroxyl groups excluding tert-OH is 1. The molecule has 2 rings (SSSR count). The Bertz CT molecular complexity index is 282. The number of carbonyl (C=O) groups is 1. The summed E-state index contributed by atoms with van der Waals surface area (Å²) in [6.07, 6.45) is 9.12. The van der Waals surface area contributed by atoms with Gasteiger partial charge in [-0.25, -0.2) is 0 Å². The van der Waals surface area contributed by atoms with Crippen LogP contribution in [0.4, 0.5) is 0 Å². The van der Waals surface area contributed by atoms with Crippen molar-refractivity contribution in [2.75, 3.05) is 20.1 Å². The van der Waals surface area contributed by atoms with Crippen LogP contribution in [0.5, 0.6) is 0 Å². The average molecular weight is 268 g/mol. The van der Waals surface area contributed by atoms with Gasteiger partial charge in [-0.3, -0.25) is 9.69 Å². The zero-order chi connectivity index (χ0) is 13.7. The zero-order valence-electron chi connectivity index (χ0n) is 12.1. The van der Waals surface area contributed by atoms with Crippen molar-refractivity contribution in [1.82, 2.24) is 10.2 Å². The lowest BCUT2D eigenvalue weighted by Gasteiger charge is -2.34. The van der Waals surface area contributed by atoms with Crippen LogP contribution >= 0.6 is 0 Å². The van der Waals surface area contributed by atoms with E-state index in [2.05, 4.69) is 10.2 Å². The minimum absolute atomic E-state index is 0.0989. The molecule has 110 valence electrons. The summed E-state index contributed by atoms with van der Waals surface area (Å²) >= 11 is 0. The molecule has 0 atom stereocenters. The fourth-order valence-electron chi connectivity index (χ4n) is 3.30. The first-order valence-corrected chi connectivity index (χ1v) is 7.79. The molecule has 0 aromatic heterocycles. The van der Waals surface area contributed by atoms with Gasteiger partial charge in [0, 0.05) is 12.6 Å². The Balaban J connectivity index is 1.62. The molecule has 4 nitrogen and oxygen atoms in total. The lowest BCUT2D eigenvalue weighted by atomic mass is 9.82. The van der Waals surface area contributed by atoms with E-state index in [1.165, 1.54) is 25.7 Å². The fraction of sp³-hybridized carbons (Fsp3) is 0.933. The topological polar surface area (TPSA) is 52.6 Å². The maximum atomic E-state index is 12.0. The van der Waals surface area contributed by atoms with E-state index in [0.717, 1.165) is 32.2 Å². The van der Waals surface area contributed by atoms with Gasteiger partial charge in [0.25, 0.3) is 0 Å². The standard InChI is InChI=1S/C15H28N2O2/c1-17(10-12-8-14(18)9-12)11-15(19)16-13-6-4-2-3-5-7-13/h12-14,18H,2-11H2,1H3,(H,16,19). The van der Waals surface area contributed by atoms with Crippen molar-refractivity contribution < 1.29 is 9.90 Å². The van der Waals surface area contributed by atoms with Crippen molar-refractivity contribution in [3.05, 3.63) is 0 Å². The van der Waals surface area contributed by atoms with Gasteiger partial charge >= 0.3 is 0 Å².